The van der Waals surface area contributed by atoms with Crippen molar-refractivity contribution in [3.8, 4) is 12.3 Å². The van der Waals surface area contributed by atoms with Crippen LogP contribution in [0.2, 0.25) is 0 Å². The lowest BCUT2D eigenvalue weighted by atomic mass is 10.3. The van der Waals surface area contributed by atoms with Gasteiger partial charge < -0.3 is 5.11 Å². The number of aliphatic hydroxyl groups is 1. The summed E-state index contributed by atoms with van der Waals surface area (Å²) < 4.78 is 0. The van der Waals surface area contributed by atoms with Crippen LogP contribution in [0.5, 0.6) is 0 Å². The first kappa shape index (κ1) is 7.26. The monoisotopic (exact) mass is 110 g/mol. The van der Waals surface area contributed by atoms with Crippen LogP contribution in [0.4, 0.5) is 0 Å². The molecule has 0 fully saturated rings. The van der Waals surface area contributed by atoms with E-state index in [1.165, 1.54) is 0 Å². The summed E-state index contributed by atoms with van der Waals surface area (Å²) in [6.07, 6.45) is 10.1. The summed E-state index contributed by atoms with van der Waals surface area (Å²) in [5.41, 5.74) is 0. The first-order chi connectivity index (χ1) is 3.91. The summed E-state index contributed by atoms with van der Waals surface area (Å²) in [6.45, 7) is 0.245. The third kappa shape index (κ3) is 5.26. The Kier molecular flexibility index (Phi) is 5.68. The second-order valence-corrected chi connectivity index (χ2v) is 1.43. The van der Waals surface area contributed by atoms with Crippen LogP contribution in [-0.2, 0) is 0 Å². The molecular weight excluding hydrogens is 100 g/mol. The number of hydrogen-bond acceptors (Lipinski definition) is 1. The van der Waals surface area contributed by atoms with Crippen LogP contribution in [0.15, 0.2) is 12.2 Å². The highest BCUT2D eigenvalue weighted by molar-refractivity contribution is 5.08. The van der Waals surface area contributed by atoms with E-state index in [0.717, 1.165) is 12.8 Å². The third-order valence-corrected chi connectivity index (χ3v) is 0.743. The number of allylic oxidation sites excluding steroid dienone is 2. The Morgan fingerprint density at radius 3 is 2.88 bits per heavy atom. The Morgan fingerprint density at radius 1 is 1.62 bits per heavy atom. The zero-order chi connectivity index (χ0) is 6.24. The van der Waals surface area contributed by atoms with E-state index in [1.807, 2.05) is 6.08 Å². The van der Waals surface area contributed by atoms with E-state index in [1.54, 1.807) is 6.08 Å². The molecule has 0 aliphatic heterocycles. The summed E-state index contributed by atoms with van der Waals surface area (Å²) >= 11 is 0. The molecule has 0 aromatic rings. The summed E-state index contributed by atoms with van der Waals surface area (Å²) in [5, 5.41) is 8.28. The molecule has 0 radical (unpaired) electrons. The van der Waals surface area contributed by atoms with Crippen LogP contribution in [-0.4, -0.2) is 11.7 Å². The fraction of sp³-hybridized carbons (Fsp3) is 0.429. The molecule has 8 heavy (non-hydrogen) atoms. The summed E-state index contributed by atoms with van der Waals surface area (Å²) in [6, 6.07) is 0. The van der Waals surface area contributed by atoms with E-state index in [2.05, 4.69) is 5.92 Å². The van der Waals surface area contributed by atoms with Crippen LogP contribution >= 0.6 is 0 Å². The number of unbranched alkanes of at least 4 members (excludes halogenated alkanes) is 1. The van der Waals surface area contributed by atoms with Gasteiger partial charge in [0.1, 0.15) is 0 Å². The van der Waals surface area contributed by atoms with E-state index in [4.69, 9.17) is 11.5 Å². The van der Waals surface area contributed by atoms with Crippen LogP contribution in [0.25, 0.3) is 0 Å². The Bertz CT molecular complexity index is 97.4. The second kappa shape index (κ2) is 6.26. The molecule has 0 heterocycles. The van der Waals surface area contributed by atoms with Gasteiger partial charge in [0, 0.05) is 6.61 Å². The molecule has 0 aliphatic carbocycles. The van der Waals surface area contributed by atoms with Gasteiger partial charge in [0.15, 0.2) is 0 Å². The van der Waals surface area contributed by atoms with Crippen molar-refractivity contribution in [3.63, 3.8) is 0 Å². The zero-order valence-electron chi connectivity index (χ0n) is 4.80. The molecule has 0 aromatic carbocycles. The Balaban J connectivity index is 2.94. The van der Waals surface area contributed by atoms with Gasteiger partial charge in [-0.1, -0.05) is 12.0 Å². The van der Waals surface area contributed by atoms with Crippen LogP contribution < -0.4 is 0 Å². The van der Waals surface area contributed by atoms with Gasteiger partial charge in [0.05, 0.1) is 0 Å². The average Bonchev–Trinajstić information content (AvgIpc) is 1.81. The van der Waals surface area contributed by atoms with Gasteiger partial charge in [0.25, 0.3) is 0 Å². The Hall–Kier alpha value is -0.740. The maximum atomic E-state index is 8.28. The Morgan fingerprint density at radius 2 is 2.38 bits per heavy atom. The quantitative estimate of drug-likeness (QED) is 0.423. The largest absolute Gasteiger partial charge is 0.396 e. The predicted octanol–water partition coefficient (Wildman–Crippen LogP) is 0.948. The maximum Gasteiger partial charge on any atom is 0.0433 e. The van der Waals surface area contributed by atoms with Gasteiger partial charge in [0.2, 0.25) is 0 Å². The molecule has 0 spiro atoms. The highest BCUT2D eigenvalue weighted by Crippen LogP contribution is 1.86. The molecule has 0 saturated carbocycles. The lowest BCUT2D eigenvalue weighted by molar-refractivity contribution is 0.289. The summed E-state index contributed by atoms with van der Waals surface area (Å²) in [4.78, 5) is 0. The minimum absolute atomic E-state index is 0.245. The predicted molar refractivity (Wildman–Crippen MR) is 34.3 cm³/mol. The van der Waals surface area contributed by atoms with E-state index < -0.39 is 0 Å². The van der Waals surface area contributed by atoms with E-state index >= 15 is 0 Å². The van der Waals surface area contributed by atoms with E-state index in [0.29, 0.717) is 0 Å². The van der Waals surface area contributed by atoms with E-state index in [9.17, 15) is 0 Å². The molecule has 0 aromatic heterocycles. The van der Waals surface area contributed by atoms with Crippen molar-refractivity contribution in [2.45, 2.75) is 12.8 Å². The van der Waals surface area contributed by atoms with Crippen molar-refractivity contribution in [1.29, 1.82) is 0 Å². The van der Waals surface area contributed by atoms with Gasteiger partial charge >= 0.3 is 0 Å². The first-order valence-electron chi connectivity index (χ1n) is 2.64. The molecule has 0 bridgehead atoms. The first-order valence-corrected chi connectivity index (χ1v) is 2.64. The minimum Gasteiger partial charge on any atom is -0.396 e. The topological polar surface area (TPSA) is 20.2 Å². The minimum atomic E-state index is 0.245. The van der Waals surface area contributed by atoms with Crippen molar-refractivity contribution in [2.24, 2.45) is 0 Å². The van der Waals surface area contributed by atoms with Gasteiger partial charge in [-0.3, -0.25) is 0 Å². The summed E-state index contributed by atoms with van der Waals surface area (Å²) in [5.74, 6) is 2.36. The van der Waals surface area contributed by atoms with E-state index in [-0.39, 0.29) is 6.61 Å². The maximum absolute atomic E-state index is 8.28. The van der Waals surface area contributed by atoms with Gasteiger partial charge in [-0.2, -0.15) is 0 Å². The number of rotatable bonds is 3. The molecule has 0 saturated heterocycles. The highest BCUT2D eigenvalue weighted by Gasteiger charge is 1.74. The molecule has 0 rings (SSSR count). The van der Waals surface area contributed by atoms with Crippen molar-refractivity contribution >= 4 is 0 Å². The van der Waals surface area contributed by atoms with Crippen molar-refractivity contribution < 1.29 is 5.11 Å². The number of hydrogen-bond donors (Lipinski definition) is 1. The highest BCUT2D eigenvalue weighted by atomic mass is 16.2. The number of terminal acetylenes is 1. The molecular formula is C7H10O. The normalized spacial score (nSPS) is 9.50. The molecule has 1 nitrogen and oxygen atoms in total. The molecule has 0 unspecified atom stereocenters. The van der Waals surface area contributed by atoms with Crippen molar-refractivity contribution in [1.82, 2.24) is 0 Å². The molecule has 44 valence electrons. The van der Waals surface area contributed by atoms with Crippen molar-refractivity contribution in [2.75, 3.05) is 6.61 Å². The van der Waals surface area contributed by atoms with Crippen molar-refractivity contribution in [3.05, 3.63) is 12.2 Å². The molecule has 1 N–H and O–H groups in total. The van der Waals surface area contributed by atoms with Crippen LogP contribution in [0, 0.1) is 12.3 Å². The van der Waals surface area contributed by atoms with Gasteiger partial charge in [-0.05, 0) is 18.9 Å². The van der Waals surface area contributed by atoms with Gasteiger partial charge in [-0.15, -0.1) is 6.42 Å². The molecule has 0 aliphatic rings. The molecule has 0 amide bonds. The summed E-state index contributed by atoms with van der Waals surface area (Å²) in [7, 11) is 0. The molecule has 0 atom stereocenters. The second-order valence-electron chi connectivity index (χ2n) is 1.43. The van der Waals surface area contributed by atoms with Crippen LogP contribution in [0.3, 0.4) is 0 Å². The molecule has 1 heteroatoms. The smallest absolute Gasteiger partial charge is 0.0433 e. The third-order valence-electron chi connectivity index (χ3n) is 0.743. The number of aliphatic hydroxyl groups excluding tert-OH is 1. The lowest BCUT2D eigenvalue weighted by Crippen LogP contribution is -1.77. The standard InChI is InChI=1S/C7H10O/c1-2-3-4-5-6-7-8/h1,3-4,8H,5-7H2/b4-3-. The Labute approximate surface area is 50.0 Å². The van der Waals surface area contributed by atoms with Gasteiger partial charge in [-0.25, -0.2) is 0 Å². The fourth-order valence-electron chi connectivity index (χ4n) is 0.361. The lowest BCUT2D eigenvalue weighted by Gasteiger charge is -1.83. The SMILES string of the molecule is C#C/C=C\CCCO. The fourth-order valence-corrected chi connectivity index (χ4v) is 0.361. The van der Waals surface area contributed by atoms with Crippen LogP contribution in [0.1, 0.15) is 12.8 Å². The average molecular weight is 110 g/mol. The zero-order valence-corrected chi connectivity index (χ0v) is 4.80.